The lowest BCUT2D eigenvalue weighted by Crippen LogP contribution is -2.61. The van der Waals surface area contributed by atoms with Crippen molar-refractivity contribution >= 4 is 101 Å². The molecule has 3 nitrogen and oxygen atoms in total. The first-order valence-corrected chi connectivity index (χ1v) is 36.6. The average Bonchev–Trinajstić information content (AvgIpc) is 0.830. The van der Waals surface area contributed by atoms with Crippen molar-refractivity contribution in [3.8, 4) is 83.6 Å². The summed E-state index contributed by atoms with van der Waals surface area (Å²) in [6.45, 7) is 13.9. The van der Waals surface area contributed by atoms with E-state index < -0.39 is 0 Å². The van der Waals surface area contributed by atoms with Crippen molar-refractivity contribution in [3.63, 3.8) is 0 Å². The molecule has 16 aromatic carbocycles. The van der Waals surface area contributed by atoms with Gasteiger partial charge in [-0.3, -0.25) is 0 Å². The Kier molecular flexibility index (Phi) is 14.8. The van der Waals surface area contributed by atoms with Gasteiger partial charge in [-0.25, -0.2) is 0 Å². The van der Waals surface area contributed by atoms with Crippen LogP contribution in [0.4, 0.5) is 34.1 Å². The zero-order valence-corrected chi connectivity index (χ0v) is 59.4. The van der Waals surface area contributed by atoms with Crippen LogP contribution in [0.15, 0.2) is 352 Å². The highest BCUT2D eigenvalue weighted by molar-refractivity contribution is 7.00. The van der Waals surface area contributed by atoms with Gasteiger partial charge in [0.25, 0.3) is 6.71 Å². The standard InChI is InChI=1S/C100H76BN3/c1-99(2,3)78-59-82(68-34-17-9-18-35-68)97(83(60-78)69-36-19-10-20-37-69)103-90-52-49-76(65-29-13-7-14-30-65)57-87(90)101-88-58-77(66-31-15-8-16-32-66)50-53-91(88)104(98-84(70-38-21-11-22-39-70)61-79(100(4,5)6)62-85(98)71-40-23-12-24-41-71)94-64-80(63-93(103)96(94)101)102-89-51-48-75(74-46-45-67-33-25-26-43-73(67)55-74)56-86(89)95-81-44-28-27-42-72(81)47-54-92(95)102/h7-64H,1-6H3. The maximum atomic E-state index is 2.71. The lowest BCUT2D eigenvalue weighted by atomic mass is 9.33. The molecule has 0 amide bonds. The summed E-state index contributed by atoms with van der Waals surface area (Å²) in [4.78, 5) is 5.43. The van der Waals surface area contributed by atoms with Crippen LogP contribution >= 0.6 is 0 Å². The normalized spacial score (nSPS) is 12.7. The van der Waals surface area contributed by atoms with Gasteiger partial charge in [-0.15, -0.1) is 0 Å². The second-order valence-corrected chi connectivity index (χ2v) is 30.4. The molecule has 0 radical (unpaired) electrons. The summed E-state index contributed by atoms with van der Waals surface area (Å²) in [6, 6.07) is 133. The summed E-state index contributed by atoms with van der Waals surface area (Å²) >= 11 is 0. The van der Waals surface area contributed by atoms with Crippen LogP contribution in [0.1, 0.15) is 52.7 Å². The highest BCUT2D eigenvalue weighted by Gasteiger charge is 2.46. The van der Waals surface area contributed by atoms with Gasteiger partial charge < -0.3 is 14.4 Å². The molecule has 3 heterocycles. The highest BCUT2D eigenvalue weighted by Crippen LogP contribution is 2.56. The van der Waals surface area contributed by atoms with Gasteiger partial charge in [0.1, 0.15) is 0 Å². The molecule has 0 spiro atoms. The van der Waals surface area contributed by atoms with Crippen LogP contribution in [-0.2, 0) is 10.8 Å². The van der Waals surface area contributed by atoms with Crippen LogP contribution < -0.4 is 26.2 Å². The molecule has 2 aliphatic rings. The zero-order chi connectivity index (χ0) is 70.0. The van der Waals surface area contributed by atoms with E-state index in [0.29, 0.717) is 0 Å². The number of aromatic nitrogens is 1. The summed E-state index contributed by atoms with van der Waals surface area (Å²) in [5, 5.41) is 7.30. The third kappa shape index (κ3) is 10.5. The number of rotatable bonds is 10. The first kappa shape index (κ1) is 62.5. The summed E-state index contributed by atoms with van der Waals surface area (Å²) in [5.74, 6) is 0. The molecular weight excluding hydrogens is 1250 g/mol. The smallest absolute Gasteiger partial charge is 0.252 e. The van der Waals surface area contributed by atoms with Crippen LogP contribution in [0.5, 0.6) is 0 Å². The second kappa shape index (κ2) is 24.6. The number of hydrogen-bond donors (Lipinski definition) is 0. The van der Waals surface area contributed by atoms with E-state index >= 15 is 0 Å². The third-order valence-corrected chi connectivity index (χ3v) is 22.0. The summed E-state index contributed by atoms with van der Waals surface area (Å²) < 4.78 is 2.60. The number of fused-ring (bicyclic) bond motifs is 10. The molecule has 0 saturated heterocycles. The maximum absolute atomic E-state index is 2.71. The summed E-state index contributed by atoms with van der Waals surface area (Å²) in [7, 11) is 0. The summed E-state index contributed by atoms with van der Waals surface area (Å²) in [6.07, 6.45) is 0. The van der Waals surface area contributed by atoms with E-state index in [2.05, 4.69) is 408 Å². The first-order chi connectivity index (χ1) is 50.9. The second-order valence-electron chi connectivity index (χ2n) is 30.4. The van der Waals surface area contributed by atoms with E-state index in [-0.39, 0.29) is 17.5 Å². The Morgan fingerprint density at radius 3 is 1.06 bits per heavy atom. The van der Waals surface area contributed by atoms with Crippen LogP contribution in [0.3, 0.4) is 0 Å². The predicted octanol–water partition coefficient (Wildman–Crippen LogP) is 25.4. The Morgan fingerprint density at radius 1 is 0.250 bits per heavy atom. The Hall–Kier alpha value is -12.5. The van der Waals surface area contributed by atoms with Crippen molar-refractivity contribution in [1.82, 2.24) is 4.57 Å². The molecule has 2 aliphatic heterocycles. The molecule has 17 aromatic rings. The van der Waals surface area contributed by atoms with Gasteiger partial charge >= 0.3 is 0 Å². The van der Waals surface area contributed by atoms with Crippen molar-refractivity contribution in [3.05, 3.63) is 363 Å². The Balaban J connectivity index is 1.02. The van der Waals surface area contributed by atoms with Crippen molar-refractivity contribution in [1.29, 1.82) is 0 Å². The van der Waals surface area contributed by atoms with E-state index in [4.69, 9.17) is 0 Å². The zero-order valence-electron chi connectivity index (χ0n) is 59.4. The molecule has 0 bridgehead atoms. The van der Waals surface area contributed by atoms with Gasteiger partial charge in [0.2, 0.25) is 0 Å². The van der Waals surface area contributed by atoms with E-state index in [1.165, 1.54) is 93.2 Å². The predicted molar refractivity (Wildman–Crippen MR) is 445 cm³/mol. The molecule has 1 aromatic heterocycles. The van der Waals surface area contributed by atoms with E-state index in [9.17, 15) is 0 Å². The molecule has 494 valence electrons. The van der Waals surface area contributed by atoms with Gasteiger partial charge in [-0.05, 0) is 188 Å². The Labute approximate surface area is 610 Å². The van der Waals surface area contributed by atoms with Gasteiger partial charge in [-0.2, -0.15) is 0 Å². The van der Waals surface area contributed by atoms with Gasteiger partial charge in [-0.1, -0.05) is 321 Å². The Morgan fingerprint density at radius 2 is 0.606 bits per heavy atom. The number of nitrogens with zero attached hydrogens (tertiary/aromatic N) is 3. The van der Waals surface area contributed by atoms with Crippen LogP contribution in [0.2, 0.25) is 0 Å². The molecule has 19 rings (SSSR count). The topological polar surface area (TPSA) is 11.4 Å². The largest absolute Gasteiger partial charge is 0.310 e. The minimum atomic E-state index is -0.270. The van der Waals surface area contributed by atoms with Crippen LogP contribution in [0, 0.1) is 0 Å². The fourth-order valence-corrected chi connectivity index (χ4v) is 16.8. The molecule has 0 saturated carbocycles. The monoisotopic (exact) mass is 1330 g/mol. The van der Waals surface area contributed by atoms with Crippen molar-refractivity contribution in [2.75, 3.05) is 9.80 Å². The van der Waals surface area contributed by atoms with E-state index in [1.54, 1.807) is 0 Å². The number of anilines is 6. The van der Waals surface area contributed by atoms with Crippen molar-refractivity contribution in [2.45, 2.75) is 52.4 Å². The fourth-order valence-electron chi connectivity index (χ4n) is 16.8. The Bertz CT molecular complexity index is 5840. The molecule has 0 fully saturated rings. The minimum Gasteiger partial charge on any atom is -0.310 e. The SMILES string of the molecule is CC(C)(C)c1cc(-c2ccccc2)c(N2c3ccc(-c4ccccc4)cc3B3c4cc(-c5ccccc5)ccc4N(c4c(-c5ccccc5)cc(C(C)(C)C)cc4-c4ccccc4)c4cc(-n5c6ccc(-c7ccc8ccccc8c7)cc6c6c7ccccc7ccc65)cc2c43)c(-c2ccccc2)c1. The molecule has 0 aliphatic carbocycles. The molecule has 0 N–H and O–H groups in total. The van der Waals surface area contributed by atoms with E-state index in [1.807, 2.05) is 0 Å². The van der Waals surface area contributed by atoms with Crippen LogP contribution in [-0.4, -0.2) is 11.3 Å². The summed E-state index contributed by atoms with van der Waals surface area (Å²) in [5.41, 5.74) is 32.1. The third-order valence-electron chi connectivity index (χ3n) is 22.0. The van der Waals surface area contributed by atoms with Gasteiger partial charge in [0.05, 0.1) is 28.1 Å². The lowest BCUT2D eigenvalue weighted by Gasteiger charge is -2.46. The van der Waals surface area contributed by atoms with Gasteiger partial charge in [0.15, 0.2) is 0 Å². The van der Waals surface area contributed by atoms with Crippen molar-refractivity contribution < 1.29 is 0 Å². The van der Waals surface area contributed by atoms with Crippen molar-refractivity contribution in [2.24, 2.45) is 0 Å². The molecule has 0 unspecified atom stereocenters. The number of benzene rings is 16. The van der Waals surface area contributed by atoms with E-state index in [0.717, 1.165) is 95.4 Å². The molecule has 104 heavy (non-hydrogen) atoms. The molecular formula is C100H76BN3. The maximum Gasteiger partial charge on any atom is 0.252 e. The molecule has 0 atom stereocenters. The highest BCUT2D eigenvalue weighted by atomic mass is 15.2. The van der Waals surface area contributed by atoms with Crippen LogP contribution in [0.25, 0.3) is 127 Å². The quantitative estimate of drug-likeness (QED) is 0.126. The fraction of sp³-hybridized carbons (Fsp3) is 0.0800. The lowest BCUT2D eigenvalue weighted by molar-refractivity contribution is 0.590. The van der Waals surface area contributed by atoms with Gasteiger partial charge in [0, 0.05) is 55.8 Å². The molecule has 4 heteroatoms. The number of hydrogen-bond acceptors (Lipinski definition) is 2. The average molecular weight is 1330 g/mol. The minimum absolute atomic E-state index is 0.203. The first-order valence-electron chi connectivity index (χ1n) is 36.6.